The van der Waals surface area contributed by atoms with Crippen molar-refractivity contribution in [3.63, 3.8) is 0 Å². The number of hydrogen-bond donors (Lipinski definition) is 2. The van der Waals surface area contributed by atoms with Gasteiger partial charge in [0, 0.05) is 23.0 Å². The van der Waals surface area contributed by atoms with Crippen molar-refractivity contribution in [2.24, 2.45) is 0 Å². The summed E-state index contributed by atoms with van der Waals surface area (Å²) >= 11 is 0. The average molecular weight is 385 g/mol. The normalized spacial score (nSPS) is 10.6. The Kier molecular flexibility index (Phi) is 5.03. The van der Waals surface area contributed by atoms with Crippen molar-refractivity contribution in [1.82, 2.24) is 15.0 Å². The van der Waals surface area contributed by atoms with E-state index in [-0.39, 0.29) is 6.03 Å². The van der Waals surface area contributed by atoms with Gasteiger partial charge in [-0.2, -0.15) is 0 Å². The van der Waals surface area contributed by atoms with E-state index in [0.717, 1.165) is 27.8 Å². The van der Waals surface area contributed by atoms with Gasteiger partial charge >= 0.3 is 6.03 Å². The lowest BCUT2D eigenvalue weighted by atomic mass is 9.98. The van der Waals surface area contributed by atoms with Crippen LogP contribution in [0.5, 0.6) is 0 Å². The molecule has 4 rings (SSSR count). The maximum Gasteiger partial charge on any atom is 0.324 e. The van der Waals surface area contributed by atoms with Crippen molar-refractivity contribution in [1.29, 1.82) is 0 Å². The molecule has 7 nitrogen and oxygen atoms in total. The number of carbonyl (C=O) groups is 1. The topological polar surface area (TPSA) is 92.9 Å². The first-order valence-electron chi connectivity index (χ1n) is 9.06. The summed E-state index contributed by atoms with van der Waals surface area (Å²) in [7, 11) is 0. The number of aromatic nitrogens is 3. The highest BCUT2D eigenvalue weighted by atomic mass is 16.3. The van der Waals surface area contributed by atoms with Gasteiger partial charge in [0.25, 0.3) is 0 Å². The molecule has 0 atom stereocenters. The second-order valence-corrected chi connectivity index (χ2v) is 6.58. The van der Waals surface area contributed by atoms with Crippen LogP contribution in [0.2, 0.25) is 0 Å². The fourth-order valence-corrected chi connectivity index (χ4v) is 2.97. The highest BCUT2D eigenvalue weighted by molar-refractivity contribution is 5.99. The molecule has 0 radical (unpaired) electrons. The molecular weight excluding hydrogens is 366 g/mol. The summed E-state index contributed by atoms with van der Waals surface area (Å²) in [5.74, 6) is 1.06. The Bertz CT molecular complexity index is 1140. The summed E-state index contributed by atoms with van der Waals surface area (Å²) < 4.78 is 5.40. The minimum atomic E-state index is -0.360. The molecule has 0 aliphatic heterocycles. The van der Waals surface area contributed by atoms with Gasteiger partial charge in [-0.25, -0.2) is 19.7 Å². The molecule has 0 fully saturated rings. The molecule has 0 spiro atoms. The quantitative estimate of drug-likeness (QED) is 0.512. The Balaban J connectivity index is 1.50. The molecule has 0 bridgehead atoms. The zero-order chi connectivity index (χ0) is 20.2. The molecule has 144 valence electrons. The van der Waals surface area contributed by atoms with Crippen molar-refractivity contribution in [2.45, 2.75) is 13.8 Å². The van der Waals surface area contributed by atoms with Crippen LogP contribution in [0.4, 0.5) is 16.3 Å². The van der Waals surface area contributed by atoms with Gasteiger partial charge in [-0.1, -0.05) is 18.2 Å². The van der Waals surface area contributed by atoms with Crippen LogP contribution < -0.4 is 10.6 Å². The van der Waals surface area contributed by atoms with Crippen molar-refractivity contribution < 1.29 is 9.21 Å². The molecule has 2 amide bonds. The highest BCUT2D eigenvalue weighted by Gasteiger charge is 2.09. The zero-order valence-corrected chi connectivity index (χ0v) is 16.0. The van der Waals surface area contributed by atoms with E-state index in [1.165, 1.54) is 6.33 Å². The zero-order valence-electron chi connectivity index (χ0n) is 16.0. The fourth-order valence-electron chi connectivity index (χ4n) is 2.97. The second kappa shape index (κ2) is 7.93. The van der Waals surface area contributed by atoms with Crippen molar-refractivity contribution in [2.75, 3.05) is 10.6 Å². The van der Waals surface area contributed by atoms with Crippen molar-refractivity contribution in [3.8, 4) is 22.6 Å². The van der Waals surface area contributed by atoms with Gasteiger partial charge < -0.3 is 9.73 Å². The molecule has 2 aromatic carbocycles. The molecule has 4 aromatic rings. The van der Waals surface area contributed by atoms with E-state index in [2.05, 4.69) is 32.5 Å². The van der Waals surface area contributed by atoms with Gasteiger partial charge in [0.15, 0.2) is 0 Å². The number of carbonyl (C=O) groups excluding carboxylic acids is 1. The predicted octanol–water partition coefficient (Wildman–Crippen LogP) is 5.06. The molecule has 2 N–H and O–H groups in total. The largest absolute Gasteiger partial charge is 0.445 e. The van der Waals surface area contributed by atoms with Gasteiger partial charge in [-0.3, -0.25) is 5.32 Å². The molecule has 2 heterocycles. The van der Waals surface area contributed by atoms with Crippen LogP contribution in [0.15, 0.2) is 71.9 Å². The van der Waals surface area contributed by atoms with Gasteiger partial charge in [0.05, 0.1) is 6.20 Å². The Morgan fingerprint density at radius 1 is 0.931 bits per heavy atom. The number of nitrogens with zero attached hydrogens (tertiary/aromatic N) is 3. The van der Waals surface area contributed by atoms with Crippen LogP contribution in [-0.4, -0.2) is 21.0 Å². The standard InChI is InChI=1S/C22H19N5O2/c1-14-3-4-17(21-24-9-10-29-21)11-19(14)16-5-7-18(8-6-16)26-22(28)27-20-15(2)12-23-13-25-20/h3-13H,1-2H3,(H2,23,25,26,27,28). The van der Waals surface area contributed by atoms with E-state index < -0.39 is 0 Å². The third-order valence-corrected chi connectivity index (χ3v) is 4.50. The highest BCUT2D eigenvalue weighted by Crippen LogP contribution is 2.29. The third-order valence-electron chi connectivity index (χ3n) is 4.50. The van der Waals surface area contributed by atoms with Crippen LogP contribution >= 0.6 is 0 Å². The van der Waals surface area contributed by atoms with Crippen molar-refractivity contribution >= 4 is 17.5 Å². The average Bonchev–Trinajstić information content (AvgIpc) is 3.26. The lowest BCUT2D eigenvalue weighted by molar-refractivity contribution is 0.262. The van der Waals surface area contributed by atoms with Crippen LogP contribution in [-0.2, 0) is 0 Å². The Morgan fingerprint density at radius 2 is 1.72 bits per heavy atom. The summed E-state index contributed by atoms with van der Waals surface area (Å²) in [6, 6.07) is 13.4. The van der Waals surface area contributed by atoms with Crippen LogP contribution in [0, 0.1) is 13.8 Å². The van der Waals surface area contributed by atoms with E-state index in [9.17, 15) is 4.79 Å². The molecule has 0 unspecified atom stereocenters. The van der Waals surface area contributed by atoms with Gasteiger partial charge in [-0.15, -0.1) is 0 Å². The number of nitrogens with one attached hydrogen (secondary N) is 2. The lowest BCUT2D eigenvalue weighted by Crippen LogP contribution is -2.20. The molecule has 2 aromatic heterocycles. The lowest BCUT2D eigenvalue weighted by Gasteiger charge is -2.11. The van der Waals surface area contributed by atoms with E-state index in [1.807, 2.05) is 49.4 Å². The molecule has 0 saturated carbocycles. The predicted molar refractivity (Wildman–Crippen MR) is 112 cm³/mol. The number of urea groups is 1. The Morgan fingerprint density at radius 3 is 2.45 bits per heavy atom. The molecule has 7 heteroatoms. The van der Waals surface area contributed by atoms with Gasteiger partial charge in [0.2, 0.25) is 5.89 Å². The van der Waals surface area contributed by atoms with Crippen LogP contribution in [0.25, 0.3) is 22.6 Å². The number of aryl methyl sites for hydroxylation is 2. The minimum Gasteiger partial charge on any atom is -0.445 e. The first-order valence-corrected chi connectivity index (χ1v) is 9.06. The van der Waals surface area contributed by atoms with E-state index in [0.29, 0.717) is 17.4 Å². The summed E-state index contributed by atoms with van der Waals surface area (Å²) in [6.07, 6.45) is 6.23. The maximum atomic E-state index is 12.2. The first kappa shape index (κ1) is 18.4. The molecule has 0 saturated heterocycles. The Hall–Kier alpha value is -4.00. The van der Waals surface area contributed by atoms with Crippen LogP contribution in [0.3, 0.4) is 0 Å². The molecule has 29 heavy (non-hydrogen) atoms. The molecular formula is C22H19N5O2. The van der Waals surface area contributed by atoms with E-state index >= 15 is 0 Å². The number of hydrogen-bond acceptors (Lipinski definition) is 5. The smallest absolute Gasteiger partial charge is 0.324 e. The number of amides is 2. The number of oxazole rings is 1. The second-order valence-electron chi connectivity index (χ2n) is 6.58. The number of benzene rings is 2. The molecule has 0 aliphatic carbocycles. The first-order chi connectivity index (χ1) is 14.1. The summed E-state index contributed by atoms with van der Waals surface area (Å²) in [5.41, 5.74) is 5.64. The summed E-state index contributed by atoms with van der Waals surface area (Å²) in [4.78, 5) is 24.4. The summed E-state index contributed by atoms with van der Waals surface area (Å²) in [5, 5.41) is 5.53. The SMILES string of the molecule is Cc1ccc(-c2ncco2)cc1-c1ccc(NC(=O)Nc2ncncc2C)cc1. The van der Waals surface area contributed by atoms with Crippen LogP contribution in [0.1, 0.15) is 11.1 Å². The van der Waals surface area contributed by atoms with Crippen molar-refractivity contribution in [3.05, 3.63) is 78.6 Å². The van der Waals surface area contributed by atoms with E-state index in [4.69, 9.17) is 4.42 Å². The number of rotatable bonds is 4. The monoisotopic (exact) mass is 385 g/mol. The minimum absolute atomic E-state index is 0.360. The number of anilines is 2. The molecule has 0 aliphatic rings. The van der Waals surface area contributed by atoms with Gasteiger partial charge in [0.1, 0.15) is 18.4 Å². The summed E-state index contributed by atoms with van der Waals surface area (Å²) in [6.45, 7) is 3.89. The maximum absolute atomic E-state index is 12.2. The van der Waals surface area contributed by atoms with E-state index in [1.54, 1.807) is 18.7 Å². The fraction of sp³-hybridized carbons (Fsp3) is 0.0909. The van der Waals surface area contributed by atoms with Gasteiger partial charge in [-0.05, 0) is 54.8 Å². The Labute approximate surface area is 167 Å². The third kappa shape index (κ3) is 4.14.